The molecule has 0 radical (unpaired) electrons. The fraction of sp³-hybridized carbons (Fsp3) is 0.154. The summed E-state index contributed by atoms with van der Waals surface area (Å²) in [5.41, 5.74) is 0.0484. The Bertz CT molecular complexity index is 902. The number of nitrogens with one attached hydrogen (secondary N) is 1. The number of halogens is 2. The van der Waals surface area contributed by atoms with Gasteiger partial charge in [0.15, 0.2) is 5.82 Å². The topological polar surface area (TPSA) is 93.5 Å². The molecular formula is C13H11F2N5O2S. The van der Waals surface area contributed by atoms with Crippen LogP contribution >= 0.6 is 0 Å². The quantitative estimate of drug-likeness (QED) is 0.759. The van der Waals surface area contributed by atoms with Gasteiger partial charge in [-0.1, -0.05) is 0 Å². The first kappa shape index (κ1) is 15.3. The van der Waals surface area contributed by atoms with Crippen LogP contribution in [0.4, 0.5) is 8.78 Å². The van der Waals surface area contributed by atoms with Crippen molar-refractivity contribution in [2.45, 2.75) is 11.7 Å². The smallest absolute Gasteiger partial charge is 0.243 e. The minimum absolute atomic E-state index is 0.0484. The van der Waals surface area contributed by atoms with E-state index in [1.54, 1.807) is 12.3 Å². The first-order chi connectivity index (χ1) is 10.9. The van der Waals surface area contributed by atoms with E-state index < -0.39 is 21.5 Å². The minimum Gasteiger partial charge on any atom is -0.272 e. The molecule has 3 rings (SSSR count). The molecule has 1 N–H and O–H groups in total. The lowest BCUT2D eigenvalue weighted by Gasteiger charge is -2.01. The van der Waals surface area contributed by atoms with Crippen LogP contribution in [-0.4, -0.2) is 39.1 Å². The Balaban J connectivity index is 1.83. The maximum Gasteiger partial charge on any atom is 0.243 e. The predicted molar refractivity (Wildman–Crippen MR) is 76.0 cm³/mol. The van der Waals surface area contributed by atoms with Gasteiger partial charge in [0.1, 0.15) is 11.6 Å². The van der Waals surface area contributed by atoms with Gasteiger partial charge in [-0.3, -0.25) is 4.68 Å². The highest BCUT2D eigenvalue weighted by Gasteiger charge is 2.20. The van der Waals surface area contributed by atoms with Gasteiger partial charge < -0.3 is 0 Å². The van der Waals surface area contributed by atoms with E-state index in [0.717, 1.165) is 12.1 Å². The van der Waals surface area contributed by atoms with Crippen molar-refractivity contribution in [3.63, 3.8) is 0 Å². The molecule has 0 saturated heterocycles. The van der Waals surface area contributed by atoms with Crippen LogP contribution in [0.5, 0.6) is 0 Å². The number of H-pyrrole nitrogens is 1. The summed E-state index contributed by atoms with van der Waals surface area (Å²) >= 11 is 0. The van der Waals surface area contributed by atoms with Gasteiger partial charge in [-0.15, -0.1) is 0 Å². The lowest BCUT2D eigenvalue weighted by atomic mass is 10.2. The molecule has 0 atom stereocenters. The number of nitrogens with zero attached hydrogens (tertiary/aromatic N) is 4. The van der Waals surface area contributed by atoms with Crippen molar-refractivity contribution in [3.05, 3.63) is 48.3 Å². The summed E-state index contributed by atoms with van der Waals surface area (Å²) in [7, 11) is -3.72. The summed E-state index contributed by atoms with van der Waals surface area (Å²) in [5.74, 6) is -1.93. The number of aryl methyl sites for hydroxylation is 1. The van der Waals surface area contributed by atoms with E-state index in [2.05, 4.69) is 20.3 Å². The van der Waals surface area contributed by atoms with E-state index in [9.17, 15) is 17.2 Å². The number of hydrogen-bond donors (Lipinski definition) is 1. The molecule has 0 bridgehead atoms. The van der Waals surface area contributed by atoms with Gasteiger partial charge >= 0.3 is 0 Å². The summed E-state index contributed by atoms with van der Waals surface area (Å²) in [5, 5.41) is 9.55. The molecule has 0 amide bonds. The molecule has 3 aromatic rings. The van der Waals surface area contributed by atoms with Gasteiger partial charge in [-0.25, -0.2) is 22.3 Å². The second-order valence-electron chi connectivity index (χ2n) is 4.71. The van der Waals surface area contributed by atoms with Crippen LogP contribution in [0.15, 0.2) is 41.8 Å². The van der Waals surface area contributed by atoms with E-state index in [4.69, 9.17) is 0 Å². The monoisotopic (exact) mass is 339 g/mol. The summed E-state index contributed by atoms with van der Waals surface area (Å²) < 4.78 is 52.2. The van der Waals surface area contributed by atoms with Crippen LogP contribution in [0, 0.1) is 11.6 Å². The van der Waals surface area contributed by atoms with Gasteiger partial charge in [-0.05, 0) is 18.2 Å². The Kier molecular flexibility index (Phi) is 3.90. The van der Waals surface area contributed by atoms with Gasteiger partial charge in [0, 0.05) is 24.0 Å². The first-order valence-electron chi connectivity index (χ1n) is 6.53. The number of benzene rings is 1. The third-order valence-corrected chi connectivity index (χ3v) is 4.52. The second kappa shape index (κ2) is 5.88. The van der Waals surface area contributed by atoms with Crippen molar-refractivity contribution in [2.75, 3.05) is 5.75 Å². The molecule has 0 fully saturated rings. The molecule has 10 heteroatoms. The molecule has 0 unspecified atom stereocenters. The fourth-order valence-electron chi connectivity index (χ4n) is 1.94. The Hall–Kier alpha value is -2.62. The molecular weight excluding hydrogens is 328 g/mol. The number of sulfone groups is 1. The van der Waals surface area contributed by atoms with Gasteiger partial charge in [0.25, 0.3) is 0 Å². The van der Waals surface area contributed by atoms with Crippen molar-refractivity contribution in [2.24, 2.45) is 0 Å². The van der Waals surface area contributed by atoms with E-state index in [0.29, 0.717) is 6.07 Å². The van der Waals surface area contributed by atoms with E-state index >= 15 is 0 Å². The number of hydrogen-bond acceptors (Lipinski definition) is 5. The SMILES string of the molecule is O=S(=O)(CCn1cccn1)c1nc(-c2cc(F)cc(F)c2)n[nH]1. The predicted octanol–water partition coefficient (Wildman–Crippen LogP) is 1.42. The molecule has 2 heterocycles. The highest BCUT2D eigenvalue weighted by atomic mass is 32.2. The highest BCUT2D eigenvalue weighted by molar-refractivity contribution is 7.91. The summed E-state index contributed by atoms with van der Waals surface area (Å²) in [6.07, 6.45) is 3.18. The average molecular weight is 339 g/mol. The Labute approximate surface area is 129 Å². The summed E-state index contributed by atoms with van der Waals surface area (Å²) in [4.78, 5) is 3.82. The van der Waals surface area contributed by atoms with Crippen LogP contribution in [0.1, 0.15) is 0 Å². The third kappa shape index (κ3) is 3.42. The standard InChI is InChI=1S/C13H11F2N5O2S/c14-10-6-9(7-11(15)8-10)12-17-13(19-18-12)23(21,22)5-4-20-3-1-2-16-20/h1-3,6-8H,4-5H2,(H,17,18,19). The number of rotatable bonds is 5. The molecule has 0 saturated carbocycles. The lowest BCUT2D eigenvalue weighted by molar-refractivity contribution is 0.573. The second-order valence-corrected chi connectivity index (χ2v) is 6.73. The maximum atomic E-state index is 13.2. The van der Waals surface area contributed by atoms with E-state index in [1.165, 1.54) is 10.9 Å². The number of aromatic amines is 1. The van der Waals surface area contributed by atoms with Crippen molar-refractivity contribution in [1.29, 1.82) is 0 Å². The summed E-state index contributed by atoms with van der Waals surface area (Å²) in [6, 6.07) is 4.42. The van der Waals surface area contributed by atoms with Crippen LogP contribution in [0.2, 0.25) is 0 Å². The first-order valence-corrected chi connectivity index (χ1v) is 8.18. The molecule has 0 aliphatic heterocycles. The molecule has 120 valence electrons. The van der Waals surface area contributed by atoms with Crippen molar-refractivity contribution in [1.82, 2.24) is 25.0 Å². The normalized spacial score (nSPS) is 11.7. The third-order valence-electron chi connectivity index (χ3n) is 3.03. The fourth-order valence-corrected chi connectivity index (χ4v) is 2.97. The van der Waals surface area contributed by atoms with E-state index in [-0.39, 0.29) is 28.8 Å². The zero-order valence-corrected chi connectivity index (χ0v) is 12.5. The lowest BCUT2D eigenvalue weighted by Crippen LogP contribution is -2.14. The van der Waals surface area contributed by atoms with Crippen molar-refractivity contribution < 1.29 is 17.2 Å². The Morgan fingerprint density at radius 2 is 1.91 bits per heavy atom. The van der Waals surface area contributed by atoms with Crippen LogP contribution < -0.4 is 0 Å². The molecule has 0 aliphatic rings. The average Bonchev–Trinajstić information content (AvgIpc) is 3.16. The van der Waals surface area contributed by atoms with Crippen LogP contribution in [-0.2, 0) is 16.4 Å². The molecule has 2 aromatic heterocycles. The Morgan fingerprint density at radius 3 is 2.57 bits per heavy atom. The van der Waals surface area contributed by atoms with Crippen molar-refractivity contribution >= 4 is 9.84 Å². The molecule has 7 nitrogen and oxygen atoms in total. The Morgan fingerprint density at radius 1 is 1.17 bits per heavy atom. The highest BCUT2D eigenvalue weighted by Crippen LogP contribution is 2.19. The molecule has 0 spiro atoms. The zero-order valence-electron chi connectivity index (χ0n) is 11.6. The van der Waals surface area contributed by atoms with E-state index in [1.807, 2.05) is 0 Å². The number of aromatic nitrogens is 5. The van der Waals surface area contributed by atoms with Gasteiger partial charge in [-0.2, -0.15) is 15.2 Å². The van der Waals surface area contributed by atoms with Gasteiger partial charge in [0.2, 0.25) is 15.0 Å². The summed E-state index contributed by atoms with van der Waals surface area (Å²) in [6.45, 7) is 0.153. The van der Waals surface area contributed by atoms with Crippen molar-refractivity contribution in [3.8, 4) is 11.4 Å². The molecule has 1 aromatic carbocycles. The van der Waals surface area contributed by atoms with Crippen LogP contribution in [0.25, 0.3) is 11.4 Å². The molecule has 0 aliphatic carbocycles. The molecule has 23 heavy (non-hydrogen) atoms. The minimum atomic E-state index is -3.72. The van der Waals surface area contributed by atoms with Crippen LogP contribution in [0.3, 0.4) is 0 Å². The van der Waals surface area contributed by atoms with Gasteiger partial charge in [0.05, 0.1) is 12.3 Å². The maximum absolute atomic E-state index is 13.2. The zero-order chi connectivity index (χ0) is 16.4. The largest absolute Gasteiger partial charge is 0.272 e.